The third kappa shape index (κ3) is 5.03. The minimum atomic E-state index is -0.327. The molecule has 0 radical (unpaired) electrons. The first-order valence-corrected chi connectivity index (χ1v) is 9.57. The lowest BCUT2D eigenvalue weighted by atomic mass is 9.95. The number of methoxy groups -OCH3 is 1. The van der Waals surface area contributed by atoms with Crippen LogP contribution in [-0.4, -0.2) is 26.2 Å². The second-order valence-electron chi connectivity index (χ2n) is 7.96. The Balaban J connectivity index is 2.48. The molecule has 0 spiro atoms. The molecule has 4 nitrogen and oxygen atoms in total. The van der Waals surface area contributed by atoms with Crippen molar-refractivity contribution in [1.29, 1.82) is 0 Å². The summed E-state index contributed by atoms with van der Waals surface area (Å²) in [6.45, 7) is 12.7. The molecule has 4 heteroatoms. The van der Waals surface area contributed by atoms with E-state index in [1.54, 1.807) is 0 Å². The molecule has 0 amide bonds. The lowest BCUT2D eigenvalue weighted by Gasteiger charge is -2.30. The van der Waals surface area contributed by atoms with E-state index in [2.05, 4.69) is 38.7 Å². The molecule has 0 unspecified atom stereocenters. The minimum Gasteiger partial charge on any atom is -0.465 e. The molecule has 0 fully saturated rings. The van der Waals surface area contributed by atoms with Gasteiger partial charge in [-0.1, -0.05) is 52.0 Å². The molecule has 0 heterocycles. The molecule has 0 atom stereocenters. The highest BCUT2D eigenvalue weighted by Gasteiger charge is 2.18. The summed E-state index contributed by atoms with van der Waals surface area (Å²) < 4.78 is 4.98. The van der Waals surface area contributed by atoms with Gasteiger partial charge >= 0.3 is 5.97 Å². The van der Waals surface area contributed by atoms with Crippen LogP contribution in [-0.2, 0) is 4.74 Å². The molecule has 0 saturated heterocycles. The lowest BCUT2D eigenvalue weighted by Crippen LogP contribution is -2.31. The third-order valence-electron chi connectivity index (χ3n) is 4.51. The molecule has 0 saturated carbocycles. The van der Waals surface area contributed by atoms with E-state index in [0.29, 0.717) is 17.4 Å². The molecule has 2 rings (SSSR count). The number of carbonyl (C=O) groups is 1. The van der Waals surface area contributed by atoms with Crippen LogP contribution in [0.15, 0.2) is 36.4 Å². The Kier molecular flexibility index (Phi) is 6.89. The van der Waals surface area contributed by atoms with Crippen LogP contribution >= 0.6 is 0 Å². The molecule has 2 N–H and O–H groups in total. The van der Waals surface area contributed by atoms with Crippen LogP contribution in [0.25, 0.3) is 11.1 Å². The fourth-order valence-corrected chi connectivity index (χ4v) is 3.44. The van der Waals surface area contributed by atoms with Crippen molar-refractivity contribution < 1.29 is 9.53 Å². The van der Waals surface area contributed by atoms with Crippen molar-refractivity contribution in [2.75, 3.05) is 30.8 Å². The van der Waals surface area contributed by atoms with Gasteiger partial charge in [0.05, 0.1) is 24.0 Å². The van der Waals surface area contributed by atoms with Crippen LogP contribution in [0.4, 0.5) is 11.4 Å². The van der Waals surface area contributed by atoms with Gasteiger partial charge in [0, 0.05) is 13.1 Å². The Morgan fingerprint density at radius 3 is 2.22 bits per heavy atom. The van der Waals surface area contributed by atoms with Crippen molar-refractivity contribution in [2.45, 2.75) is 34.6 Å². The predicted molar refractivity (Wildman–Crippen MR) is 114 cm³/mol. The number of esters is 1. The van der Waals surface area contributed by atoms with Gasteiger partial charge in [-0.3, -0.25) is 0 Å². The third-order valence-corrected chi connectivity index (χ3v) is 4.51. The quantitative estimate of drug-likeness (QED) is 0.542. The maximum Gasteiger partial charge on any atom is 0.338 e. The number of anilines is 2. The van der Waals surface area contributed by atoms with E-state index in [1.807, 2.05) is 37.3 Å². The molecule has 27 heavy (non-hydrogen) atoms. The summed E-state index contributed by atoms with van der Waals surface area (Å²) >= 11 is 0. The van der Waals surface area contributed by atoms with E-state index < -0.39 is 0 Å². The smallest absolute Gasteiger partial charge is 0.338 e. The Bertz CT molecular complexity index is 787. The summed E-state index contributed by atoms with van der Waals surface area (Å²) in [5.74, 6) is 0.767. The van der Waals surface area contributed by atoms with E-state index in [9.17, 15) is 4.79 Å². The number of ether oxygens (including phenoxy) is 1. The number of hydrogen-bond donors (Lipinski definition) is 1. The van der Waals surface area contributed by atoms with Crippen molar-refractivity contribution in [3.63, 3.8) is 0 Å². The summed E-state index contributed by atoms with van der Waals surface area (Å²) in [5, 5.41) is 0. The van der Waals surface area contributed by atoms with Gasteiger partial charge in [0.2, 0.25) is 0 Å². The molecule has 2 aromatic rings. The molecule has 0 aromatic heterocycles. The van der Waals surface area contributed by atoms with Gasteiger partial charge in [0.1, 0.15) is 0 Å². The Hall–Kier alpha value is -2.49. The molecule has 0 aliphatic heterocycles. The number of aryl methyl sites for hydroxylation is 1. The Morgan fingerprint density at radius 1 is 1.07 bits per heavy atom. The van der Waals surface area contributed by atoms with Gasteiger partial charge in [-0.05, 0) is 47.6 Å². The number of nitrogens with zero attached hydrogens (tertiary/aromatic N) is 1. The monoisotopic (exact) mass is 368 g/mol. The van der Waals surface area contributed by atoms with Gasteiger partial charge in [-0.2, -0.15) is 0 Å². The van der Waals surface area contributed by atoms with Gasteiger partial charge in [-0.25, -0.2) is 4.79 Å². The number of rotatable bonds is 7. The Labute approximate surface area is 163 Å². The molecule has 0 aliphatic carbocycles. The maximum atomic E-state index is 12.3. The molecule has 2 aromatic carbocycles. The fourth-order valence-electron chi connectivity index (χ4n) is 3.44. The maximum absolute atomic E-state index is 12.3. The number of nitrogens with two attached hydrogens (primary N) is 1. The largest absolute Gasteiger partial charge is 0.465 e. The standard InChI is InChI=1S/C23H32N2O2/c1-15(2)13-25(14-16(3)4)21-11-10-18(12-20(21)24)19-9-7-8-17(5)22(19)23(26)27-6/h7-12,15-16H,13-14,24H2,1-6H3. The second kappa shape index (κ2) is 8.94. The van der Waals surface area contributed by atoms with Crippen molar-refractivity contribution in [1.82, 2.24) is 0 Å². The van der Waals surface area contributed by atoms with Crippen LogP contribution in [0.3, 0.4) is 0 Å². The van der Waals surface area contributed by atoms with E-state index in [4.69, 9.17) is 10.5 Å². The summed E-state index contributed by atoms with van der Waals surface area (Å²) in [4.78, 5) is 14.6. The average molecular weight is 369 g/mol. The van der Waals surface area contributed by atoms with E-state index in [-0.39, 0.29) is 5.97 Å². The first-order valence-electron chi connectivity index (χ1n) is 9.57. The molecular weight excluding hydrogens is 336 g/mol. The summed E-state index contributed by atoms with van der Waals surface area (Å²) in [7, 11) is 1.41. The van der Waals surface area contributed by atoms with Gasteiger partial charge < -0.3 is 15.4 Å². The fraction of sp³-hybridized carbons (Fsp3) is 0.435. The van der Waals surface area contributed by atoms with Gasteiger partial charge in [-0.15, -0.1) is 0 Å². The summed E-state index contributed by atoms with van der Waals surface area (Å²) in [6.07, 6.45) is 0. The second-order valence-corrected chi connectivity index (χ2v) is 7.96. The van der Waals surface area contributed by atoms with E-state index in [1.165, 1.54) is 7.11 Å². The average Bonchev–Trinajstić information content (AvgIpc) is 2.59. The zero-order valence-corrected chi connectivity index (χ0v) is 17.4. The summed E-state index contributed by atoms with van der Waals surface area (Å²) in [6, 6.07) is 11.9. The lowest BCUT2D eigenvalue weighted by molar-refractivity contribution is 0.0601. The van der Waals surface area contributed by atoms with Crippen LogP contribution < -0.4 is 10.6 Å². The zero-order valence-electron chi connectivity index (χ0n) is 17.4. The van der Waals surface area contributed by atoms with E-state index >= 15 is 0 Å². The van der Waals surface area contributed by atoms with Crippen LogP contribution in [0, 0.1) is 18.8 Å². The molecule has 0 aliphatic rings. The molecular formula is C23H32N2O2. The van der Waals surface area contributed by atoms with E-state index in [0.717, 1.165) is 41.2 Å². The minimum absolute atomic E-state index is 0.327. The first kappa shape index (κ1) is 20.8. The van der Waals surface area contributed by atoms with Crippen LogP contribution in [0.5, 0.6) is 0 Å². The first-order chi connectivity index (χ1) is 12.7. The molecule has 146 valence electrons. The van der Waals surface area contributed by atoms with Crippen molar-refractivity contribution in [2.24, 2.45) is 11.8 Å². The summed E-state index contributed by atoms with van der Waals surface area (Å²) in [5.41, 5.74) is 11.5. The van der Waals surface area contributed by atoms with Crippen LogP contribution in [0.1, 0.15) is 43.6 Å². The predicted octanol–water partition coefficient (Wildman–Crippen LogP) is 5.15. The Morgan fingerprint density at radius 2 is 1.70 bits per heavy atom. The number of hydrogen-bond acceptors (Lipinski definition) is 4. The van der Waals surface area contributed by atoms with Crippen LogP contribution in [0.2, 0.25) is 0 Å². The topological polar surface area (TPSA) is 55.6 Å². The van der Waals surface area contributed by atoms with Crippen molar-refractivity contribution >= 4 is 17.3 Å². The SMILES string of the molecule is COC(=O)c1c(C)cccc1-c1ccc(N(CC(C)C)CC(C)C)c(N)c1. The number of carbonyl (C=O) groups excluding carboxylic acids is 1. The zero-order chi connectivity index (χ0) is 20.1. The number of nitrogen functional groups attached to an aromatic ring is 1. The highest BCUT2D eigenvalue weighted by Crippen LogP contribution is 2.33. The van der Waals surface area contributed by atoms with Crippen molar-refractivity contribution in [3.8, 4) is 11.1 Å². The normalized spacial score (nSPS) is 11.1. The van der Waals surface area contributed by atoms with Gasteiger partial charge in [0.25, 0.3) is 0 Å². The highest BCUT2D eigenvalue weighted by molar-refractivity contribution is 5.99. The van der Waals surface area contributed by atoms with Crippen molar-refractivity contribution in [3.05, 3.63) is 47.5 Å². The number of benzene rings is 2. The highest BCUT2D eigenvalue weighted by atomic mass is 16.5. The van der Waals surface area contributed by atoms with Gasteiger partial charge in [0.15, 0.2) is 0 Å². The molecule has 0 bridgehead atoms.